The number of hydrogen-bond donors (Lipinski definition) is 1. The molecule has 2 aromatic heterocycles. The third-order valence-electron chi connectivity index (χ3n) is 4.38. The number of carbonyl (C=O) groups is 1. The maximum atomic E-state index is 13.0. The summed E-state index contributed by atoms with van der Waals surface area (Å²) in [7, 11) is 0. The van der Waals surface area contributed by atoms with E-state index in [9.17, 15) is 18.4 Å². The van der Waals surface area contributed by atoms with Gasteiger partial charge < -0.3 is 10.1 Å². The first-order valence-electron chi connectivity index (χ1n) is 8.75. The summed E-state index contributed by atoms with van der Waals surface area (Å²) in [5.74, 6) is -0.722. The van der Waals surface area contributed by atoms with Crippen molar-refractivity contribution in [2.75, 3.05) is 5.32 Å². The molecule has 0 spiro atoms. The Morgan fingerprint density at radius 1 is 1.17 bits per heavy atom. The molecule has 4 aromatic rings. The van der Waals surface area contributed by atoms with E-state index < -0.39 is 12.5 Å². The number of nitrogens with one attached hydrogen (secondary N) is 1. The van der Waals surface area contributed by atoms with E-state index in [2.05, 4.69) is 15.2 Å². The number of aromatic nitrogens is 3. The Morgan fingerprint density at radius 2 is 1.90 bits per heavy atom. The van der Waals surface area contributed by atoms with Gasteiger partial charge in [-0.1, -0.05) is 24.3 Å². The van der Waals surface area contributed by atoms with Crippen LogP contribution in [0.15, 0.2) is 59.4 Å². The molecule has 4 rings (SSSR count). The first kappa shape index (κ1) is 18.6. The van der Waals surface area contributed by atoms with Crippen LogP contribution in [0.4, 0.5) is 14.5 Å². The average Bonchev–Trinajstić information content (AvgIpc) is 3.08. The number of hydrogen-bond acceptors (Lipinski definition) is 4. The smallest absolute Gasteiger partial charge is 0.387 e. The van der Waals surface area contributed by atoms with Crippen LogP contribution in [-0.2, 0) is 11.3 Å². The highest BCUT2D eigenvalue weighted by atomic mass is 19.3. The molecule has 9 heteroatoms. The van der Waals surface area contributed by atoms with E-state index in [1.807, 2.05) is 0 Å². The third-order valence-corrected chi connectivity index (χ3v) is 4.38. The van der Waals surface area contributed by atoms with Crippen molar-refractivity contribution in [2.24, 2.45) is 0 Å². The number of nitrogens with zero attached hydrogens (tertiary/aromatic N) is 3. The summed E-state index contributed by atoms with van der Waals surface area (Å²) in [5.41, 5.74) is 1.52. The van der Waals surface area contributed by atoms with Gasteiger partial charge in [-0.3, -0.25) is 14.2 Å². The number of amides is 1. The van der Waals surface area contributed by atoms with E-state index in [1.54, 1.807) is 47.8 Å². The zero-order valence-corrected chi connectivity index (χ0v) is 15.3. The van der Waals surface area contributed by atoms with Crippen LogP contribution < -0.4 is 15.6 Å². The average molecular weight is 398 g/mol. The lowest BCUT2D eigenvalue weighted by atomic mass is 10.2. The molecule has 29 heavy (non-hydrogen) atoms. The second-order valence-corrected chi connectivity index (χ2v) is 6.39. The summed E-state index contributed by atoms with van der Waals surface area (Å²) in [6, 6.07) is 14.5. The van der Waals surface area contributed by atoms with Gasteiger partial charge in [-0.15, -0.1) is 0 Å². The van der Waals surface area contributed by atoms with Gasteiger partial charge in [0.1, 0.15) is 17.9 Å². The van der Waals surface area contributed by atoms with Gasteiger partial charge in [-0.25, -0.2) is 4.52 Å². The van der Waals surface area contributed by atoms with Crippen molar-refractivity contribution in [3.8, 4) is 5.75 Å². The second kappa shape index (κ2) is 7.34. The third kappa shape index (κ3) is 3.54. The number of anilines is 1. The number of aryl methyl sites for hydroxylation is 1. The molecule has 0 fully saturated rings. The standard InChI is InChI=1S/C20H16F2N4O3/c1-12-10-18-25(19(28)13-6-2-4-8-15(13)26(18)24-12)11-17(27)23-14-7-3-5-9-16(14)29-20(21)22/h2-10,20H,11H2,1H3,(H,23,27). The molecule has 0 aliphatic carbocycles. The van der Waals surface area contributed by atoms with Crippen molar-refractivity contribution >= 4 is 28.1 Å². The predicted molar refractivity (Wildman–Crippen MR) is 103 cm³/mol. The minimum atomic E-state index is -3.02. The quantitative estimate of drug-likeness (QED) is 0.560. The van der Waals surface area contributed by atoms with Crippen molar-refractivity contribution in [1.82, 2.24) is 14.2 Å². The summed E-state index contributed by atoms with van der Waals surface area (Å²) < 4.78 is 32.5. The molecule has 0 saturated carbocycles. The summed E-state index contributed by atoms with van der Waals surface area (Å²) in [5, 5.41) is 7.34. The van der Waals surface area contributed by atoms with Crippen molar-refractivity contribution in [1.29, 1.82) is 0 Å². The molecule has 2 aromatic carbocycles. The van der Waals surface area contributed by atoms with Crippen LogP contribution in [0, 0.1) is 6.92 Å². The zero-order valence-electron chi connectivity index (χ0n) is 15.3. The molecule has 0 saturated heterocycles. The van der Waals surface area contributed by atoms with E-state index in [0.29, 0.717) is 22.2 Å². The Bertz CT molecular complexity index is 1280. The van der Waals surface area contributed by atoms with Crippen LogP contribution in [0.3, 0.4) is 0 Å². The molecule has 2 heterocycles. The number of para-hydroxylation sites is 3. The molecular formula is C20H16F2N4O3. The number of ether oxygens (including phenoxy) is 1. The van der Waals surface area contributed by atoms with Crippen molar-refractivity contribution in [3.05, 3.63) is 70.6 Å². The minimum absolute atomic E-state index is 0.0901. The fourth-order valence-electron chi connectivity index (χ4n) is 3.20. The molecule has 0 unspecified atom stereocenters. The van der Waals surface area contributed by atoms with Crippen LogP contribution in [0.2, 0.25) is 0 Å². The normalized spacial score (nSPS) is 11.3. The largest absolute Gasteiger partial charge is 0.433 e. The monoisotopic (exact) mass is 398 g/mol. The number of halogens is 2. The van der Waals surface area contributed by atoms with E-state index in [-0.39, 0.29) is 23.5 Å². The van der Waals surface area contributed by atoms with E-state index in [4.69, 9.17) is 0 Å². The van der Waals surface area contributed by atoms with E-state index in [0.717, 1.165) is 0 Å². The lowest BCUT2D eigenvalue weighted by molar-refractivity contribution is -0.116. The molecule has 0 radical (unpaired) electrons. The van der Waals surface area contributed by atoms with Crippen molar-refractivity contribution < 1.29 is 18.3 Å². The highest BCUT2D eigenvalue weighted by molar-refractivity contribution is 5.92. The maximum Gasteiger partial charge on any atom is 0.387 e. The number of fused-ring (bicyclic) bond motifs is 3. The van der Waals surface area contributed by atoms with Crippen LogP contribution >= 0.6 is 0 Å². The Labute approximate surface area is 163 Å². The highest BCUT2D eigenvalue weighted by Gasteiger charge is 2.16. The van der Waals surface area contributed by atoms with Crippen LogP contribution in [0.1, 0.15) is 5.69 Å². The van der Waals surface area contributed by atoms with Crippen LogP contribution in [0.5, 0.6) is 5.75 Å². The SMILES string of the molecule is Cc1cc2n(CC(=O)Nc3ccccc3OC(F)F)c(=O)c3ccccc3n2n1. The number of carbonyl (C=O) groups excluding carboxylic acids is 1. The topological polar surface area (TPSA) is 77.6 Å². The fourth-order valence-corrected chi connectivity index (χ4v) is 3.20. The highest BCUT2D eigenvalue weighted by Crippen LogP contribution is 2.25. The van der Waals surface area contributed by atoms with Crippen LogP contribution in [0.25, 0.3) is 16.6 Å². The van der Waals surface area contributed by atoms with Gasteiger partial charge in [0.15, 0.2) is 0 Å². The predicted octanol–water partition coefficient (Wildman–Crippen LogP) is 3.20. The van der Waals surface area contributed by atoms with Gasteiger partial charge in [0, 0.05) is 6.07 Å². The van der Waals surface area contributed by atoms with Crippen molar-refractivity contribution in [2.45, 2.75) is 20.1 Å². The molecule has 1 N–H and O–H groups in total. The Hall–Kier alpha value is -3.75. The summed E-state index contributed by atoms with van der Waals surface area (Å²) in [4.78, 5) is 25.6. The number of rotatable bonds is 5. The summed E-state index contributed by atoms with van der Waals surface area (Å²) >= 11 is 0. The van der Waals surface area contributed by atoms with Gasteiger partial charge in [-0.05, 0) is 31.2 Å². The summed E-state index contributed by atoms with van der Waals surface area (Å²) in [6.45, 7) is -1.55. The van der Waals surface area contributed by atoms with Crippen LogP contribution in [-0.4, -0.2) is 26.7 Å². The van der Waals surface area contributed by atoms with Gasteiger partial charge in [0.05, 0.1) is 22.3 Å². The molecule has 7 nitrogen and oxygen atoms in total. The van der Waals surface area contributed by atoms with Crippen molar-refractivity contribution in [3.63, 3.8) is 0 Å². The lowest BCUT2D eigenvalue weighted by Gasteiger charge is -2.13. The molecule has 0 atom stereocenters. The molecular weight excluding hydrogens is 382 g/mol. The minimum Gasteiger partial charge on any atom is -0.433 e. The van der Waals surface area contributed by atoms with Gasteiger partial charge in [-0.2, -0.15) is 13.9 Å². The number of benzene rings is 2. The first-order chi connectivity index (χ1) is 13.9. The Morgan fingerprint density at radius 3 is 2.69 bits per heavy atom. The van der Waals surface area contributed by atoms with Gasteiger partial charge in [0.25, 0.3) is 5.56 Å². The van der Waals surface area contributed by atoms with E-state index >= 15 is 0 Å². The summed E-state index contributed by atoms with van der Waals surface area (Å²) in [6.07, 6.45) is 0. The first-order valence-corrected chi connectivity index (χ1v) is 8.75. The lowest BCUT2D eigenvalue weighted by Crippen LogP contribution is -2.29. The molecule has 0 aliphatic rings. The van der Waals surface area contributed by atoms with Gasteiger partial charge >= 0.3 is 6.61 Å². The molecule has 148 valence electrons. The maximum absolute atomic E-state index is 13.0. The molecule has 1 amide bonds. The van der Waals surface area contributed by atoms with Gasteiger partial charge in [0.2, 0.25) is 5.91 Å². The van der Waals surface area contributed by atoms with E-state index in [1.165, 1.54) is 22.8 Å². The second-order valence-electron chi connectivity index (χ2n) is 6.39. The fraction of sp³-hybridized carbons (Fsp3) is 0.150. The Kier molecular flexibility index (Phi) is 4.71. The molecule has 0 aliphatic heterocycles. The zero-order chi connectivity index (χ0) is 20.5. The Balaban J connectivity index is 1.72. The number of alkyl halides is 2. The molecule has 0 bridgehead atoms.